The molecular formula is C27H30FNO4. The molecule has 0 bridgehead atoms. The summed E-state index contributed by atoms with van der Waals surface area (Å²) >= 11 is 0. The Bertz CT molecular complexity index is 1150. The fourth-order valence-corrected chi connectivity index (χ4v) is 3.50. The van der Waals surface area contributed by atoms with E-state index in [4.69, 9.17) is 14.2 Å². The molecule has 0 unspecified atom stereocenters. The second-order valence-corrected chi connectivity index (χ2v) is 8.06. The minimum atomic E-state index is -0.529. The van der Waals surface area contributed by atoms with Crippen molar-refractivity contribution in [3.05, 3.63) is 66.0 Å². The Morgan fingerprint density at radius 3 is 2.15 bits per heavy atom. The first-order chi connectivity index (χ1) is 15.8. The minimum absolute atomic E-state index is 0.124. The van der Waals surface area contributed by atoms with Gasteiger partial charge in [0.15, 0.2) is 23.1 Å². The molecule has 0 aromatic heterocycles. The Morgan fingerprint density at radius 2 is 1.61 bits per heavy atom. The first kappa shape index (κ1) is 24.0. The highest BCUT2D eigenvalue weighted by molar-refractivity contribution is 5.87. The van der Waals surface area contributed by atoms with Crippen molar-refractivity contribution < 1.29 is 23.7 Å². The monoisotopic (exact) mass is 451 g/mol. The van der Waals surface area contributed by atoms with Gasteiger partial charge in [-0.15, -0.1) is 0 Å². The average molecular weight is 452 g/mol. The smallest absolute Gasteiger partial charge is 0.170 e. The van der Waals surface area contributed by atoms with Gasteiger partial charge in [-0.1, -0.05) is 23.8 Å². The van der Waals surface area contributed by atoms with Gasteiger partial charge in [0.05, 0.1) is 19.8 Å². The molecule has 0 heterocycles. The van der Waals surface area contributed by atoms with Crippen LogP contribution >= 0.6 is 0 Å². The zero-order valence-electron chi connectivity index (χ0n) is 19.9. The van der Waals surface area contributed by atoms with Crippen molar-refractivity contribution in [1.82, 2.24) is 0 Å². The second-order valence-electron chi connectivity index (χ2n) is 8.06. The molecule has 3 aromatic carbocycles. The summed E-state index contributed by atoms with van der Waals surface area (Å²) in [7, 11) is 6.94. The van der Waals surface area contributed by atoms with Gasteiger partial charge in [0.1, 0.15) is 12.4 Å². The number of phenols is 1. The third kappa shape index (κ3) is 5.22. The molecule has 5 nitrogen and oxygen atoms in total. The first-order valence-corrected chi connectivity index (χ1v) is 10.6. The van der Waals surface area contributed by atoms with Gasteiger partial charge in [-0.2, -0.15) is 0 Å². The van der Waals surface area contributed by atoms with Crippen molar-refractivity contribution in [2.75, 3.05) is 39.8 Å². The molecule has 3 rings (SSSR count). The van der Waals surface area contributed by atoms with Crippen LogP contribution in [0.25, 0.3) is 22.3 Å². The number of benzene rings is 3. The molecule has 0 atom stereocenters. The summed E-state index contributed by atoms with van der Waals surface area (Å²) in [4.78, 5) is 2.00. The predicted octanol–water partition coefficient (Wildman–Crippen LogP) is 6.29. The number of rotatable bonds is 8. The molecule has 0 aliphatic rings. The summed E-state index contributed by atoms with van der Waals surface area (Å²) in [6, 6.07) is 14.2. The average Bonchev–Trinajstić information content (AvgIpc) is 2.79. The first-order valence-electron chi connectivity index (χ1n) is 10.6. The number of hydrogen-bond acceptors (Lipinski definition) is 5. The van der Waals surface area contributed by atoms with Gasteiger partial charge in [0.25, 0.3) is 0 Å². The van der Waals surface area contributed by atoms with Crippen LogP contribution in [0.1, 0.15) is 13.8 Å². The molecule has 0 radical (unpaired) electrons. The van der Waals surface area contributed by atoms with Crippen molar-refractivity contribution >= 4 is 5.69 Å². The van der Waals surface area contributed by atoms with Crippen LogP contribution in [0, 0.1) is 5.82 Å². The Hall–Kier alpha value is -3.67. The number of nitrogens with zero attached hydrogens (tertiary/aromatic N) is 1. The highest BCUT2D eigenvalue weighted by Crippen LogP contribution is 2.49. The fraction of sp³-hybridized carbons (Fsp3) is 0.259. The van der Waals surface area contributed by atoms with Gasteiger partial charge < -0.3 is 24.2 Å². The summed E-state index contributed by atoms with van der Waals surface area (Å²) in [6.45, 7) is 4.18. The molecule has 0 aliphatic heterocycles. The number of methoxy groups -OCH3 is 2. The van der Waals surface area contributed by atoms with Crippen LogP contribution in [0.2, 0.25) is 0 Å². The van der Waals surface area contributed by atoms with E-state index < -0.39 is 5.82 Å². The van der Waals surface area contributed by atoms with Gasteiger partial charge in [0.2, 0.25) is 0 Å². The van der Waals surface area contributed by atoms with E-state index in [0.717, 1.165) is 16.8 Å². The van der Waals surface area contributed by atoms with Gasteiger partial charge in [-0.3, -0.25) is 0 Å². The van der Waals surface area contributed by atoms with E-state index in [1.165, 1.54) is 20.3 Å². The third-order valence-electron chi connectivity index (χ3n) is 5.29. The Balaban J connectivity index is 2.06. The lowest BCUT2D eigenvalue weighted by molar-refractivity contribution is 0.341. The lowest BCUT2D eigenvalue weighted by atomic mass is 9.96. The largest absolute Gasteiger partial charge is 0.504 e. The van der Waals surface area contributed by atoms with Crippen LogP contribution in [0.4, 0.5) is 10.1 Å². The number of hydrogen-bond donors (Lipinski definition) is 1. The summed E-state index contributed by atoms with van der Waals surface area (Å²) in [5, 5.41) is 11.1. The van der Waals surface area contributed by atoms with Crippen molar-refractivity contribution in [2.45, 2.75) is 13.8 Å². The Kier molecular flexibility index (Phi) is 7.48. The molecule has 0 amide bonds. The summed E-state index contributed by atoms with van der Waals surface area (Å²) < 4.78 is 31.4. The fourth-order valence-electron chi connectivity index (χ4n) is 3.50. The van der Waals surface area contributed by atoms with Crippen LogP contribution < -0.4 is 19.1 Å². The van der Waals surface area contributed by atoms with Crippen molar-refractivity contribution in [3.8, 4) is 45.3 Å². The standard InChI is InChI=1S/C27H30FNO4/c1-17(2)13-14-33-23-12-9-19(15-22(23)28)25-24(31-5)16-21(27(32-6)26(25)30)18-7-10-20(11-8-18)29(3)4/h7-13,15-16,30H,14H2,1-6H3. The summed E-state index contributed by atoms with van der Waals surface area (Å²) in [5.74, 6) is 0.170. The van der Waals surface area contributed by atoms with E-state index in [0.29, 0.717) is 22.4 Å². The van der Waals surface area contributed by atoms with E-state index in [1.54, 1.807) is 18.2 Å². The van der Waals surface area contributed by atoms with Crippen LogP contribution in [-0.2, 0) is 0 Å². The third-order valence-corrected chi connectivity index (χ3v) is 5.29. The maximum atomic E-state index is 14.8. The van der Waals surface area contributed by atoms with Crippen molar-refractivity contribution in [3.63, 3.8) is 0 Å². The van der Waals surface area contributed by atoms with Crippen LogP contribution in [0.3, 0.4) is 0 Å². The SMILES string of the molecule is COc1cc(-c2ccc(N(C)C)cc2)c(OC)c(O)c1-c1ccc(OCC=C(C)C)c(F)c1. The lowest BCUT2D eigenvalue weighted by Crippen LogP contribution is -2.07. The Morgan fingerprint density at radius 1 is 0.939 bits per heavy atom. The number of anilines is 1. The molecule has 3 aromatic rings. The molecule has 33 heavy (non-hydrogen) atoms. The molecule has 0 saturated heterocycles. The number of phenolic OH excluding ortho intramolecular Hbond substituents is 1. The zero-order chi connectivity index (χ0) is 24.1. The zero-order valence-corrected chi connectivity index (χ0v) is 19.9. The summed E-state index contributed by atoms with van der Waals surface area (Å²) in [6.07, 6.45) is 1.87. The van der Waals surface area contributed by atoms with E-state index in [-0.39, 0.29) is 23.9 Å². The maximum Gasteiger partial charge on any atom is 0.170 e. The number of aromatic hydroxyl groups is 1. The highest BCUT2D eigenvalue weighted by Gasteiger charge is 2.22. The normalized spacial score (nSPS) is 10.5. The molecule has 0 spiro atoms. The van der Waals surface area contributed by atoms with Crippen LogP contribution in [-0.4, -0.2) is 40.0 Å². The quantitative estimate of drug-likeness (QED) is 0.408. The van der Waals surface area contributed by atoms with E-state index in [1.807, 2.05) is 63.2 Å². The topological polar surface area (TPSA) is 51.2 Å². The van der Waals surface area contributed by atoms with E-state index >= 15 is 0 Å². The minimum Gasteiger partial charge on any atom is -0.504 e. The number of allylic oxidation sites excluding steroid dienone is 1. The lowest BCUT2D eigenvalue weighted by Gasteiger charge is -2.19. The van der Waals surface area contributed by atoms with E-state index in [9.17, 15) is 9.50 Å². The maximum absolute atomic E-state index is 14.8. The molecule has 0 aliphatic carbocycles. The van der Waals surface area contributed by atoms with Crippen LogP contribution in [0.5, 0.6) is 23.0 Å². The summed E-state index contributed by atoms with van der Waals surface area (Å²) in [5.41, 5.74) is 4.45. The van der Waals surface area contributed by atoms with Gasteiger partial charge >= 0.3 is 0 Å². The Labute approximate surface area is 194 Å². The van der Waals surface area contributed by atoms with Crippen LogP contribution in [0.15, 0.2) is 60.2 Å². The second kappa shape index (κ2) is 10.3. The molecule has 0 saturated carbocycles. The highest BCUT2D eigenvalue weighted by atomic mass is 19.1. The van der Waals surface area contributed by atoms with Gasteiger partial charge in [-0.25, -0.2) is 4.39 Å². The van der Waals surface area contributed by atoms with Gasteiger partial charge in [0, 0.05) is 25.3 Å². The van der Waals surface area contributed by atoms with Crippen molar-refractivity contribution in [2.24, 2.45) is 0 Å². The van der Waals surface area contributed by atoms with Gasteiger partial charge in [-0.05, 0) is 61.4 Å². The molecular weight excluding hydrogens is 421 g/mol. The van der Waals surface area contributed by atoms with Crippen molar-refractivity contribution in [1.29, 1.82) is 0 Å². The number of ether oxygens (including phenoxy) is 3. The number of halogens is 1. The molecule has 174 valence electrons. The van der Waals surface area contributed by atoms with E-state index in [2.05, 4.69) is 0 Å². The predicted molar refractivity (Wildman–Crippen MR) is 131 cm³/mol. The molecule has 0 fully saturated rings. The molecule has 1 N–H and O–H groups in total. The molecule has 6 heteroatoms.